The molecule has 1 aromatic heterocycles. The molecule has 0 saturated heterocycles. The number of nitrogens with one attached hydrogen (secondary N) is 1. The highest BCUT2D eigenvalue weighted by atomic mass is 16.1. The molecule has 5 heteroatoms. The number of carbonyl (C=O) groups excluding carboxylic acids is 1. The molecule has 2 rings (SSSR count). The number of aromatic nitrogens is 1. The van der Waals surface area contributed by atoms with Crippen LogP contribution >= 0.6 is 0 Å². The maximum atomic E-state index is 12.1. The zero-order valence-electron chi connectivity index (χ0n) is 11.8. The summed E-state index contributed by atoms with van der Waals surface area (Å²) in [4.78, 5) is 18.2. The van der Waals surface area contributed by atoms with Crippen LogP contribution in [0, 0.1) is 6.92 Å². The summed E-state index contributed by atoms with van der Waals surface area (Å²) in [6, 6.07) is 9.12. The van der Waals surface area contributed by atoms with Gasteiger partial charge in [-0.3, -0.25) is 4.79 Å². The highest BCUT2D eigenvalue weighted by Crippen LogP contribution is 2.16. The van der Waals surface area contributed by atoms with E-state index in [2.05, 4.69) is 10.3 Å². The van der Waals surface area contributed by atoms with Crippen LogP contribution in [0.2, 0.25) is 0 Å². The number of amides is 1. The zero-order chi connectivity index (χ0) is 14.7. The van der Waals surface area contributed by atoms with E-state index >= 15 is 0 Å². The van der Waals surface area contributed by atoms with Gasteiger partial charge in [0.05, 0.1) is 11.9 Å². The van der Waals surface area contributed by atoms with Crippen molar-refractivity contribution < 1.29 is 4.79 Å². The number of hydrogen-bond donors (Lipinski definition) is 2. The van der Waals surface area contributed by atoms with Crippen LogP contribution in [0.3, 0.4) is 0 Å². The molecular weight excluding hydrogens is 252 g/mol. The number of anilines is 3. The highest BCUT2D eigenvalue weighted by molar-refractivity contribution is 6.04. The second-order valence-electron chi connectivity index (χ2n) is 4.82. The van der Waals surface area contributed by atoms with E-state index in [9.17, 15) is 4.79 Å². The van der Waals surface area contributed by atoms with Crippen LogP contribution in [0.4, 0.5) is 17.2 Å². The predicted octanol–water partition coefficient (Wildman–Crippen LogP) is 2.29. The number of rotatable bonds is 3. The predicted molar refractivity (Wildman–Crippen MR) is 82.1 cm³/mol. The third-order valence-corrected chi connectivity index (χ3v) is 3.04. The number of nitrogens with zero attached hydrogens (tertiary/aromatic N) is 2. The summed E-state index contributed by atoms with van der Waals surface area (Å²) < 4.78 is 0. The first-order valence-corrected chi connectivity index (χ1v) is 6.28. The average Bonchev–Trinajstić information content (AvgIpc) is 2.43. The van der Waals surface area contributed by atoms with Crippen LogP contribution in [0.1, 0.15) is 15.9 Å². The second-order valence-corrected chi connectivity index (χ2v) is 4.82. The lowest BCUT2D eigenvalue weighted by Gasteiger charge is -2.12. The van der Waals surface area contributed by atoms with Crippen molar-refractivity contribution in [3.8, 4) is 0 Å². The molecular formula is C15H18N4O. The van der Waals surface area contributed by atoms with Crippen LogP contribution in [0.5, 0.6) is 0 Å². The molecule has 20 heavy (non-hydrogen) atoms. The van der Waals surface area contributed by atoms with Gasteiger partial charge in [-0.1, -0.05) is 0 Å². The fourth-order valence-corrected chi connectivity index (χ4v) is 1.73. The van der Waals surface area contributed by atoms with Crippen molar-refractivity contribution in [3.63, 3.8) is 0 Å². The molecule has 3 N–H and O–H groups in total. The fourth-order valence-electron chi connectivity index (χ4n) is 1.73. The largest absolute Gasteiger partial charge is 0.397 e. The number of nitrogen functional groups attached to an aromatic ring is 1. The van der Waals surface area contributed by atoms with E-state index < -0.39 is 0 Å². The van der Waals surface area contributed by atoms with Crippen molar-refractivity contribution in [3.05, 3.63) is 47.7 Å². The minimum absolute atomic E-state index is 0.188. The molecule has 0 aliphatic carbocycles. The Hall–Kier alpha value is -2.56. The van der Waals surface area contributed by atoms with Crippen LogP contribution in [0.25, 0.3) is 0 Å². The van der Waals surface area contributed by atoms with Gasteiger partial charge >= 0.3 is 0 Å². The van der Waals surface area contributed by atoms with Crippen LogP contribution in [0.15, 0.2) is 36.5 Å². The Labute approximate surface area is 118 Å². The van der Waals surface area contributed by atoms with Crippen molar-refractivity contribution in [1.82, 2.24) is 4.98 Å². The molecule has 5 nitrogen and oxygen atoms in total. The first-order valence-electron chi connectivity index (χ1n) is 6.28. The van der Waals surface area contributed by atoms with E-state index in [4.69, 9.17) is 5.73 Å². The molecule has 0 atom stereocenters. The molecule has 0 saturated carbocycles. The molecule has 1 heterocycles. The van der Waals surface area contributed by atoms with Crippen LogP contribution < -0.4 is 16.0 Å². The maximum Gasteiger partial charge on any atom is 0.256 e. The molecule has 0 unspecified atom stereocenters. The van der Waals surface area contributed by atoms with Crippen molar-refractivity contribution in [2.75, 3.05) is 30.0 Å². The molecule has 1 amide bonds. The van der Waals surface area contributed by atoms with Crippen molar-refractivity contribution >= 4 is 23.1 Å². The summed E-state index contributed by atoms with van der Waals surface area (Å²) in [6.45, 7) is 1.87. The second kappa shape index (κ2) is 5.61. The number of nitrogens with two attached hydrogens (primary N) is 1. The van der Waals surface area contributed by atoms with E-state index in [0.717, 1.165) is 11.3 Å². The summed E-state index contributed by atoms with van der Waals surface area (Å²) in [5.41, 5.74) is 8.83. The van der Waals surface area contributed by atoms with Crippen molar-refractivity contribution in [2.24, 2.45) is 0 Å². The number of benzene rings is 1. The fraction of sp³-hybridized carbons (Fsp3) is 0.200. The lowest BCUT2D eigenvalue weighted by Crippen LogP contribution is -2.14. The van der Waals surface area contributed by atoms with Gasteiger partial charge in [-0.15, -0.1) is 0 Å². The molecule has 0 aliphatic rings. The van der Waals surface area contributed by atoms with E-state index in [1.807, 2.05) is 38.1 Å². The zero-order valence-corrected chi connectivity index (χ0v) is 11.8. The van der Waals surface area contributed by atoms with Gasteiger partial charge in [-0.05, 0) is 42.8 Å². The van der Waals surface area contributed by atoms with Gasteiger partial charge < -0.3 is 16.0 Å². The highest BCUT2D eigenvalue weighted by Gasteiger charge is 2.08. The summed E-state index contributed by atoms with van der Waals surface area (Å²) in [6.07, 6.45) is 1.54. The summed E-state index contributed by atoms with van der Waals surface area (Å²) in [7, 11) is 3.91. The van der Waals surface area contributed by atoms with Gasteiger partial charge in [-0.2, -0.15) is 0 Å². The van der Waals surface area contributed by atoms with Crippen molar-refractivity contribution in [1.29, 1.82) is 0 Å². The number of carbonyl (C=O) groups is 1. The monoisotopic (exact) mass is 270 g/mol. The SMILES string of the molecule is Cc1cc(NC(=O)c2ccc(N(C)C)cc2)ncc1N. The first-order chi connectivity index (χ1) is 9.47. The third kappa shape index (κ3) is 3.06. The molecule has 1 aromatic carbocycles. The Morgan fingerprint density at radius 2 is 1.90 bits per heavy atom. The molecule has 0 radical (unpaired) electrons. The van der Waals surface area contributed by atoms with Gasteiger partial charge in [0.25, 0.3) is 5.91 Å². The average molecular weight is 270 g/mol. The molecule has 0 fully saturated rings. The van der Waals surface area contributed by atoms with Crippen LogP contribution in [-0.4, -0.2) is 25.0 Å². The smallest absolute Gasteiger partial charge is 0.256 e. The third-order valence-electron chi connectivity index (χ3n) is 3.04. The number of pyridine rings is 1. The Balaban J connectivity index is 2.13. The normalized spacial score (nSPS) is 10.2. The Kier molecular flexibility index (Phi) is 3.89. The van der Waals surface area contributed by atoms with Gasteiger partial charge in [0, 0.05) is 25.3 Å². The summed E-state index contributed by atoms with van der Waals surface area (Å²) in [5, 5.41) is 2.76. The first kappa shape index (κ1) is 13.9. The molecule has 0 spiro atoms. The lowest BCUT2D eigenvalue weighted by molar-refractivity contribution is 0.102. The van der Waals surface area contributed by atoms with E-state index in [1.54, 1.807) is 24.4 Å². The lowest BCUT2D eigenvalue weighted by atomic mass is 10.2. The quantitative estimate of drug-likeness (QED) is 0.897. The van der Waals surface area contributed by atoms with Crippen LogP contribution in [-0.2, 0) is 0 Å². The molecule has 0 bridgehead atoms. The van der Waals surface area contributed by atoms with Gasteiger partial charge in [0.15, 0.2) is 0 Å². The minimum Gasteiger partial charge on any atom is -0.397 e. The van der Waals surface area contributed by atoms with E-state index in [-0.39, 0.29) is 5.91 Å². The standard InChI is InChI=1S/C15H18N4O/c1-10-8-14(17-9-13(10)16)18-15(20)11-4-6-12(7-5-11)19(2)3/h4-9H,16H2,1-3H3,(H,17,18,20). The van der Waals surface area contributed by atoms with E-state index in [1.165, 1.54) is 0 Å². The van der Waals surface area contributed by atoms with Gasteiger partial charge in [0.1, 0.15) is 5.82 Å². The van der Waals surface area contributed by atoms with Gasteiger partial charge in [-0.25, -0.2) is 4.98 Å². The summed E-state index contributed by atoms with van der Waals surface area (Å²) >= 11 is 0. The summed E-state index contributed by atoms with van der Waals surface area (Å²) in [5.74, 6) is 0.311. The van der Waals surface area contributed by atoms with Crippen molar-refractivity contribution in [2.45, 2.75) is 6.92 Å². The molecule has 104 valence electrons. The Morgan fingerprint density at radius 3 is 2.45 bits per heavy atom. The molecule has 2 aromatic rings. The minimum atomic E-state index is -0.188. The molecule has 0 aliphatic heterocycles. The van der Waals surface area contributed by atoms with Gasteiger partial charge in [0.2, 0.25) is 0 Å². The number of aryl methyl sites for hydroxylation is 1. The number of hydrogen-bond acceptors (Lipinski definition) is 4. The Morgan fingerprint density at radius 1 is 1.25 bits per heavy atom. The maximum absolute atomic E-state index is 12.1. The van der Waals surface area contributed by atoms with E-state index in [0.29, 0.717) is 17.1 Å². The Bertz CT molecular complexity index is 620. The topological polar surface area (TPSA) is 71.2 Å².